The van der Waals surface area contributed by atoms with Crippen molar-refractivity contribution in [3.8, 4) is 11.5 Å². The first-order chi connectivity index (χ1) is 16.3. The Morgan fingerprint density at radius 3 is 2.35 bits per heavy atom. The average Bonchev–Trinajstić information content (AvgIpc) is 3.16. The summed E-state index contributed by atoms with van der Waals surface area (Å²) in [7, 11) is 0. The van der Waals surface area contributed by atoms with Gasteiger partial charge in [0.05, 0.1) is 6.54 Å². The number of nitrogens with zero attached hydrogens (tertiary/aromatic N) is 2. The molecule has 2 aromatic rings. The van der Waals surface area contributed by atoms with Gasteiger partial charge in [-0.15, -0.1) is 0 Å². The first-order valence-electron chi connectivity index (χ1n) is 11.3. The molecule has 7 N–H and O–H groups in total. The SMILES string of the molecule is N=C(N)N1CCc2cccc(OC(C(=O)O)c3ccc(OC4CCN(C(=N)N)C4)cc3)c2CC1. The first-order valence-corrected chi connectivity index (χ1v) is 11.3. The van der Waals surface area contributed by atoms with Crippen molar-refractivity contribution in [2.45, 2.75) is 31.5 Å². The van der Waals surface area contributed by atoms with Crippen LogP contribution in [0, 0.1) is 10.8 Å². The van der Waals surface area contributed by atoms with Gasteiger partial charge in [-0.05, 0) is 42.2 Å². The van der Waals surface area contributed by atoms with E-state index in [1.807, 2.05) is 12.1 Å². The number of nitrogens with two attached hydrogens (primary N) is 2. The van der Waals surface area contributed by atoms with E-state index < -0.39 is 12.1 Å². The molecule has 2 aliphatic heterocycles. The van der Waals surface area contributed by atoms with Gasteiger partial charge in [0.25, 0.3) is 0 Å². The number of nitrogens with one attached hydrogen (secondary N) is 2. The summed E-state index contributed by atoms with van der Waals surface area (Å²) in [6.07, 6.45) is 0.839. The number of guanidine groups is 2. The lowest BCUT2D eigenvalue weighted by Crippen LogP contribution is -2.38. The van der Waals surface area contributed by atoms with E-state index in [2.05, 4.69) is 0 Å². The maximum atomic E-state index is 12.1. The van der Waals surface area contributed by atoms with E-state index in [1.54, 1.807) is 40.1 Å². The molecule has 0 aromatic heterocycles. The molecule has 2 heterocycles. The minimum atomic E-state index is -1.17. The molecule has 1 fully saturated rings. The Morgan fingerprint density at radius 1 is 1.00 bits per heavy atom. The van der Waals surface area contributed by atoms with E-state index >= 15 is 0 Å². The summed E-state index contributed by atoms with van der Waals surface area (Å²) in [5.41, 5.74) is 13.7. The predicted molar refractivity (Wildman–Crippen MR) is 127 cm³/mol. The van der Waals surface area contributed by atoms with Gasteiger partial charge in [0.15, 0.2) is 11.9 Å². The molecular formula is C24H30N6O4. The number of hydrogen-bond acceptors (Lipinski definition) is 5. The number of ether oxygens (including phenoxy) is 2. The monoisotopic (exact) mass is 466 g/mol. The van der Waals surface area contributed by atoms with E-state index in [1.165, 1.54) is 0 Å². The molecule has 10 nitrogen and oxygen atoms in total. The number of hydrogen-bond donors (Lipinski definition) is 5. The van der Waals surface area contributed by atoms with Crippen LogP contribution >= 0.6 is 0 Å². The second-order valence-corrected chi connectivity index (χ2v) is 8.53. The lowest BCUT2D eigenvalue weighted by atomic mass is 10.0. The van der Waals surface area contributed by atoms with Crippen molar-refractivity contribution in [3.05, 3.63) is 59.2 Å². The summed E-state index contributed by atoms with van der Waals surface area (Å²) in [5.74, 6) is 0.147. The Morgan fingerprint density at radius 2 is 1.71 bits per heavy atom. The molecule has 2 atom stereocenters. The first kappa shape index (κ1) is 23.2. The van der Waals surface area contributed by atoms with Gasteiger partial charge in [0, 0.05) is 31.6 Å². The van der Waals surface area contributed by atoms with Gasteiger partial charge in [-0.3, -0.25) is 10.8 Å². The highest BCUT2D eigenvalue weighted by atomic mass is 16.5. The molecule has 0 spiro atoms. The number of aliphatic carboxylic acids is 1. The minimum Gasteiger partial charge on any atom is -0.489 e. The second-order valence-electron chi connectivity index (χ2n) is 8.53. The topological polar surface area (TPSA) is 162 Å². The van der Waals surface area contributed by atoms with Crippen molar-refractivity contribution in [3.63, 3.8) is 0 Å². The van der Waals surface area contributed by atoms with Crippen molar-refractivity contribution in [1.82, 2.24) is 9.80 Å². The van der Waals surface area contributed by atoms with Crippen LogP contribution in [-0.4, -0.2) is 65.1 Å². The Labute approximate surface area is 198 Å². The number of carbonyl (C=O) groups is 1. The smallest absolute Gasteiger partial charge is 0.349 e. The van der Waals surface area contributed by atoms with Gasteiger partial charge in [-0.25, -0.2) is 4.79 Å². The summed E-state index contributed by atoms with van der Waals surface area (Å²) in [6, 6.07) is 12.5. The third-order valence-corrected chi connectivity index (χ3v) is 6.29. The second kappa shape index (κ2) is 9.90. The zero-order valence-electron chi connectivity index (χ0n) is 18.9. The van der Waals surface area contributed by atoms with Crippen LogP contribution in [0.15, 0.2) is 42.5 Å². The molecular weight excluding hydrogens is 436 g/mol. The quantitative estimate of drug-likeness (QED) is 0.316. The standard InChI is InChI=1S/C24H30N6O4/c25-23(26)29-11-8-15-2-1-3-20(19(15)10-13-29)34-21(22(31)32)16-4-6-17(7-5-16)33-18-9-12-30(14-18)24(27)28/h1-7,18,21H,8-14H2,(H3,25,26)(H3,27,28)(H,31,32). The third kappa shape index (κ3) is 5.16. The molecule has 0 saturated carbocycles. The van der Waals surface area contributed by atoms with Gasteiger partial charge in [0.1, 0.15) is 17.6 Å². The summed E-state index contributed by atoms with van der Waals surface area (Å²) in [5, 5.41) is 25.1. The fourth-order valence-corrected chi connectivity index (χ4v) is 4.44. The maximum absolute atomic E-state index is 12.1. The molecule has 0 amide bonds. The van der Waals surface area contributed by atoms with E-state index in [-0.39, 0.29) is 18.0 Å². The summed E-state index contributed by atoms with van der Waals surface area (Å²) >= 11 is 0. The van der Waals surface area contributed by atoms with Crippen molar-refractivity contribution in [2.75, 3.05) is 26.2 Å². The van der Waals surface area contributed by atoms with Gasteiger partial charge < -0.3 is 35.8 Å². The molecule has 0 radical (unpaired) electrons. The predicted octanol–water partition coefficient (Wildman–Crippen LogP) is 1.53. The van der Waals surface area contributed by atoms with Crippen molar-refractivity contribution in [2.24, 2.45) is 11.5 Å². The fraction of sp³-hybridized carbons (Fsp3) is 0.375. The average molecular weight is 467 g/mol. The zero-order chi connectivity index (χ0) is 24.2. The number of likely N-dealkylation sites (tertiary alicyclic amines) is 1. The van der Waals surface area contributed by atoms with E-state index in [4.69, 9.17) is 31.8 Å². The van der Waals surface area contributed by atoms with Crippen molar-refractivity contribution in [1.29, 1.82) is 10.8 Å². The normalized spacial score (nSPS) is 18.5. The Balaban J connectivity index is 1.47. The molecule has 0 bridgehead atoms. The van der Waals surface area contributed by atoms with Crippen LogP contribution in [0.25, 0.3) is 0 Å². The van der Waals surface area contributed by atoms with E-state index in [0.717, 1.165) is 17.5 Å². The Hall–Kier alpha value is -3.95. The fourth-order valence-electron chi connectivity index (χ4n) is 4.44. The van der Waals surface area contributed by atoms with Crippen molar-refractivity contribution < 1.29 is 19.4 Å². The lowest BCUT2D eigenvalue weighted by Gasteiger charge is -2.20. The van der Waals surface area contributed by atoms with Gasteiger partial charge >= 0.3 is 5.97 Å². The molecule has 2 aromatic carbocycles. The van der Waals surface area contributed by atoms with Crippen LogP contribution < -0.4 is 20.9 Å². The highest BCUT2D eigenvalue weighted by Crippen LogP contribution is 2.31. The summed E-state index contributed by atoms with van der Waals surface area (Å²) in [6.45, 7) is 2.45. The van der Waals surface area contributed by atoms with Crippen LogP contribution in [0.2, 0.25) is 0 Å². The molecule has 2 aliphatic rings. The molecule has 180 valence electrons. The van der Waals surface area contributed by atoms with Crippen LogP contribution in [0.5, 0.6) is 11.5 Å². The lowest BCUT2D eigenvalue weighted by molar-refractivity contribution is -0.145. The zero-order valence-corrected chi connectivity index (χ0v) is 18.9. The van der Waals surface area contributed by atoms with Crippen LogP contribution in [0.3, 0.4) is 0 Å². The molecule has 34 heavy (non-hydrogen) atoms. The number of rotatable bonds is 6. The number of benzene rings is 2. The highest BCUT2D eigenvalue weighted by Gasteiger charge is 2.27. The van der Waals surface area contributed by atoms with Gasteiger partial charge in [-0.2, -0.15) is 0 Å². The van der Waals surface area contributed by atoms with Crippen LogP contribution in [-0.2, 0) is 17.6 Å². The molecule has 4 rings (SSSR count). The minimum absolute atomic E-state index is 0.0348. The number of carboxylic acid groups (broad SMARTS) is 1. The van der Waals surface area contributed by atoms with Gasteiger partial charge in [-0.1, -0.05) is 24.3 Å². The molecule has 1 saturated heterocycles. The van der Waals surface area contributed by atoms with E-state index in [0.29, 0.717) is 56.1 Å². The Kier molecular flexibility index (Phi) is 6.76. The number of carboxylic acids is 1. The maximum Gasteiger partial charge on any atom is 0.349 e. The molecule has 10 heteroatoms. The van der Waals surface area contributed by atoms with E-state index in [9.17, 15) is 9.90 Å². The van der Waals surface area contributed by atoms with Crippen LogP contribution in [0.4, 0.5) is 0 Å². The van der Waals surface area contributed by atoms with Crippen LogP contribution in [0.1, 0.15) is 29.2 Å². The summed E-state index contributed by atoms with van der Waals surface area (Å²) < 4.78 is 12.0. The van der Waals surface area contributed by atoms with Gasteiger partial charge in [0.2, 0.25) is 6.10 Å². The largest absolute Gasteiger partial charge is 0.489 e. The third-order valence-electron chi connectivity index (χ3n) is 6.29. The van der Waals surface area contributed by atoms with Crippen molar-refractivity contribution >= 4 is 17.9 Å². The molecule has 2 unspecified atom stereocenters. The number of fused-ring (bicyclic) bond motifs is 1. The Bertz CT molecular complexity index is 1070. The highest BCUT2D eigenvalue weighted by molar-refractivity contribution is 5.76. The molecule has 0 aliphatic carbocycles. The summed E-state index contributed by atoms with van der Waals surface area (Å²) in [4.78, 5) is 15.7.